The van der Waals surface area contributed by atoms with E-state index < -0.39 is 0 Å². The molecule has 0 spiro atoms. The highest BCUT2D eigenvalue weighted by atomic mass is 15.3. The Morgan fingerprint density at radius 1 is 0.879 bits per heavy atom. The van der Waals surface area contributed by atoms with Gasteiger partial charge in [0, 0.05) is 56.4 Å². The molecule has 1 aliphatic heterocycles. The van der Waals surface area contributed by atoms with Crippen LogP contribution in [0.15, 0.2) is 49.1 Å². The largest absolute Gasteiger partial charge is 0.367 e. The van der Waals surface area contributed by atoms with Crippen LogP contribution in [0.2, 0.25) is 0 Å². The summed E-state index contributed by atoms with van der Waals surface area (Å²) in [6.07, 6.45) is 14.3. The number of benzene rings is 1. The molecule has 1 aromatic carbocycles. The van der Waals surface area contributed by atoms with Gasteiger partial charge in [-0.1, -0.05) is 25.3 Å². The number of aromatic nitrogens is 5. The predicted molar refractivity (Wildman–Crippen MR) is 132 cm³/mol. The zero-order valence-corrected chi connectivity index (χ0v) is 19.3. The van der Waals surface area contributed by atoms with Gasteiger partial charge in [0.1, 0.15) is 0 Å². The number of hydrogen-bond donors (Lipinski definition) is 1. The Bertz CT molecular complexity index is 1210. The molecule has 1 saturated carbocycles. The maximum absolute atomic E-state index is 5.58. The molecule has 2 fully saturated rings. The van der Waals surface area contributed by atoms with Gasteiger partial charge in [-0.05, 0) is 43.7 Å². The van der Waals surface area contributed by atoms with Crippen LogP contribution in [0.4, 0.5) is 5.95 Å². The highest BCUT2D eigenvalue weighted by molar-refractivity contribution is 5.86. The first-order valence-electron chi connectivity index (χ1n) is 11.9. The Morgan fingerprint density at radius 2 is 1.64 bits per heavy atom. The lowest BCUT2D eigenvalue weighted by Gasteiger charge is -2.39. The zero-order chi connectivity index (χ0) is 22.6. The Kier molecular flexibility index (Phi) is 6.46. The Hall–Kier alpha value is -3.10. The quantitative estimate of drug-likeness (QED) is 0.506. The number of nitrogens with two attached hydrogens (primary N) is 1. The maximum atomic E-state index is 5.58. The molecule has 0 atom stereocenters. The minimum atomic E-state index is 0.254. The van der Waals surface area contributed by atoms with Gasteiger partial charge in [0.2, 0.25) is 5.95 Å². The Morgan fingerprint density at radius 3 is 2.42 bits per heavy atom. The summed E-state index contributed by atoms with van der Waals surface area (Å²) in [6, 6.07) is 8.90. The minimum absolute atomic E-state index is 0.254. The van der Waals surface area contributed by atoms with Crippen LogP contribution in [0.25, 0.3) is 27.7 Å². The number of rotatable bonds is 2. The predicted octanol–water partition coefficient (Wildman–Crippen LogP) is 3.49. The maximum Gasteiger partial charge on any atom is 0.238 e. The lowest BCUT2D eigenvalue weighted by atomic mass is 9.94. The molecule has 0 bridgehead atoms. The van der Waals surface area contributed by atoms with Gasteiger partial charge in [-0.2, -0.15) is 0 Å². The van der Waals surface area contributed by atoms with Crippen molar-refractivity contribution in [2.45, 2.75) is 38.1 Å². The molecule has 3 aromatic heterocycles. The van der Waals surface area contributed by atoms with Crippen molar-refractivity contribution in [3.63, 3.8) is 0 Å². The second-order valence-electron chi connectivity index (χ2n) is 9.07. The average molecular weight is 445 g/mol. The fourth-order valence-corrected chi connectivity index (χ4v) is 4.92. The monoisotopic (exact) mass is 444 g/mol. The minimum Gasteiger partial charge on any atom is -0.367 e. The lowest BCUT2D eigenvalue weighted by molar-refractivity contribution is 0.0913. The summed E-state index contributed by atoms with van der Waals surface area (Å²) < 4.78 is 1.72. The number of piperazine rings is 1. The number of nitrogens with zero attached hydrogens (tertiary/aromatic N) is 7. The molecule has 172 valence electrons. The van der Waals surface area contributed by atoms with Gasteiger partial charge in [0.15, 0.2) is 0 Å². The molecule has 2 N–H and O–H groups in total. The molecule has 33 heavy (non-hydrogen) atoms. The molecule has 4 aromatic rings. The summed E-state index contributed by atoms with van der Waals surface area (Å²) in [5.74, 6) is 0.254. The summed E-state index contributed by atoms with van der Waals surface area (Å²) in [5, 5.41) is 4.14. The third-order valence-electron chi connectivity index (χ3n) is 6.84. The summed E-state index contributed by atoms with van der Waals surface area (Å²) >= 11 is 0. The number of anilines is 1. The van der Waals surface area contributed by atoms with Gasteiger partial charge < -0.3 is 10.6 Å². The van der Waals surface area contributed by atoms with Crippen LogP contribution in [0, 0.1) is 0 Å². The summed E-state index contributed by atoms with van der Waals surface area (Å²) in [7, 11) is 2.23. The first-order valence-corrected chi connectivity index (χ1v) is 11.9. The third kappa shape index (κ3) is 4.96. The molecule has 1 aliphatic carbocycles. The summed E-state index contributed by atoms with van der Waals surface area (Å²) in [5.41, 5.74) is 10.3. The fourth-order valence-electron chi connectivity index (χ4n) is 4.92. The van der Waals surface area contributed by atoms with Crippen molar-refractivity contribution in [3.8, 4) is 11.1 Å². The third-order valence-corrected chi connectivity index (χ3v) is 6.84. The molecule has 0 radical (unpaired) electrons. The van der Waals surface area contributed by atoms with E-state index in [-0.39, 0.29) is 5.95 Å². The van der Waals surface area contributed by atoms with E-state index in [2.05, 4.69) is 36.9 Å². The van der Waals surface area contributed by atoms with Gasteiger partial charge in [0.05, 0.1) is 22.7 Å². The van der Waals surface area contributed by atoms with E-state index in [0.717, 1.165) is 33.7 Å². The molecule has 0 unspecified atom stereocenters. The van der Waals surface area contributed by atoms with Crippen LogP contribution in [-0.2, 0) is 0 Å². The molecular weight excluding hydrogens is 412 g/mol. The Balaban J connectivity index is 0.000000152. The van der Waals surface area contributed by atoms with Crippen molar-refractivity contribution in [2.75, 3.05) is 39.0 Å². The number of hydrogen-bond acceptors (Lipinski definition) is 7. The van der Waals surface area contributed by atoms with Crippen LogP contribution in [-0.4, -0.2) is 73.6 Å². The van der Waals surface area contributed by atoms with Crippen molar-refractivity contribution in [3.05, 3.63) is 49.1 Å². The Labute approximate surface area is 194 Å². The first kappa shape index (κ1) is 21.7. The molecule has 6 rings (SSSR count). The smallest absolute Gasteiger partial charge is 0.238 e. The van der Waals surface area contributed by atoms with Crippen LogP contribution < -0.4 is 5.73 Å². The first-order chi connectivity index (χ1) is 16.2. The molecule has 8 nitrogen and oxygen atoms in total. The molecular formula is C25H32N8. The lowest BCUT2D eigenvalue weighted by Crippen LogP contribution is -2.49. The van der Waals surface area contributed by atoms with Crippen molar-refractivity contribution in [2.24, 2.45) is 0 Å². The SMILES string of the molecule is CN1CCN(C2CCCCC2)CC1.Nc1ncc2c(-c3ccc4nccnc4c3)ccn2n1. The molecule has 0 amide bonds. The van der Waals surface area contributed by atoms with Gasteiger partial charge in [-0.15, -0.1) is 5.10 Å². The van der Waals surface area contributed by atoms with Crippen LogP contribution in [0.1, 0.15) is 32.1 Å². The van der Waals surface area contributed by atoms with E-state index in [0.29, 0.717) is 0 Å². The van der Waals surface area contributed by atoms with Gasteiger partial charge in [0.25, 0.3) is 0 Å². The standard InChI is InChI=1S/C14H10N6.C11H22N2/c15-14-18-8-13-10(3-6-20(13)19-14)9-1-2-11-12(7-9)17-5-4-16-11;1-12-7-9-13(10-8-12)11-5-3-2-4-6-11/h1-8H,(H2,15,19);11H,2-10H2,1H3. The van der Waals surface area contributed by atoms with Crippen molar-refractivity contribution in [1.82, 2.24) is 34.4 Å². The second kappa shape index (κ2) is 9.80. The van der Waals surface area contributed by atoms with Crippen LogP contribution in [0.3, 0.4) is 0 Å². The summed E-state index contributed by atoms with van der Waals surface area (Å²) in [4.78, 5) is 17.8. The number of nitrogen functional groups attached to an aromatic ring is 1. The topological polar surface area (TPSA) is 88.5 Å². The highest BCUT2D eigenvalue weighted by Gasteiger charge is 2.23. The molecule has 8 heteroatoms. The molecule has 2 aliphatic rings. The highest BCUT2D eigenvalue weighted by Crippen LogP contribution is 2.27. The van der Waals surface area contributed by atoms with Gasteiger partial charge in [-0.25, -0.2) is 9.50 Å². The van der Waals surface area contributed by atoms with E-state index in [1.54, 1.807) is 23.1 Å². The average Bonchev–Trinajstić information content (AvgIpc) is 3.28. The van der Waals surface area contributed by atoms with Crippen LogP contribution >= 0.6 is 0 Å². The van der Waals surface area contributed by atoms with Crippen LogP contribution in [0.5, 0.6) is 0 Å². The van der Waals surface area contributed by atoms with E-state index in [1.807, 2.05) is 30.5 Å². The number of likely N-dealkylation sites (N-methyl/N-ethyl adjacent to an activating group) is 1. The van der Waals surface area contributed by atoms with E-state index in [9.17, 15) is 0 Å². The second-order valence-corrected chi connectivity index (χ2v) is 9.07. The van der Waals surface area contributed by atoms with Crippen molar-refractivity contribution < 1.29 is 0 Å². The fraction of sp³-hybridized carbons (Fsp3) is 0.440. The van der Waals surface area contributed by atoms with E-state index in [1.165, 1.54) is 58.3 Å². The molecule has 4 heterocycles. The van der Waals surface area contributed by atoms with E-state index in [4.69, 9.17) is 5.73 Å². The van der Waals surface area contributed by atoms with Crippen molar-refractivity contribution >= 4 is 22.5 Å². The zero-order valence-electron chi connectivity index (χ0n) is 19.3. The van der Waals surface area contributed by atoms with Crippen molar-refractivity contribution in [1.29, 1.82) is 0 Å². The summed E-state index contributed by atoms with van der Waals surface area (Å²) in [6.45, 7) is 5.16. The van der Waals surface area contributed by atoms with Gasteiger partial charge in [-0.3, -0.25) is 14.9 Å². The van der Waals surface area contributed by atoms with Gasteiger partial charge >= 0.3 is 0 Å². The normalized spacial score (nSPS) is 18.3. The van der Waals surface area contributed by atoms with E-state index >= 15 is 0 Å². The molecule has 1 saturated heterocycles. The number of fused-ring (bicyclic) bond motifs is 2.